The zero-order valence-electron chi connectivity index (χ0n) is 11.8. The second kappa shape index (κ2) is 6.06. The third-order valence-corrected chi connectivity index (χ3v) is 4.99. The Kier molecular flexibility index (Phi) is 4.63. The minimum atomic E-state index is -2.99. The number of aryl methyl sites for hydroxylation is 2. The van der Waals surface area contributed by atoms with Gasteiger partial charge in [-0.2, -0.15) is 0 Å². The molecule has 0 amide bonds. The van der Waals surface area contributed by atoms with Gasteiger partial charge in [0.15, 0.2) is 9.84 Å². The number of hydrogen-bond donors (Lipinski definition) is 1. The highest BCUT2D eigenvalue weighted by Gasteiger charge is 2.20. The Labute approximate surface area is 116 Å². The summed E-state index contributed by atoms with van der Waals surface area (Å²) >= 11 is 0. The molecule has 1 aliphatic rings. The first-order chi connectivity index (χ1) is 8.94. The molecule has 106 valence electrons. The van der Waals surface area contributed by atoms with E-state index in [1.54, 1.807) is 0 Å². The monoisotopic (exact) mass is 281 g/mol. The van der Waals surface area contributed by atoms with E-state index in [0.29, 0.717) is 12.5 Å². The van der Waals surface area contributed by atoms with Gasteiger partial charge in [-0.1, -0.05) is 29.3 Å². The summed E-state index contributed by atoms with van der Waals surface area (Å²) in [6.45, 7) is 4.82. The smallest absolute Gasteiger partial charge is 0.154 e. The Hall–Kier alpha value is -0.870. The van der Waals surface area contributed by atoms with E-state index in [1.807, 2.05) is 26.0 Å². The maximum absolute atomic E-state index is 12.1. The molecular weight excluding hydrogens is 258 g/mol. The summed E-state index contributed by atoms with van der Waals surface area (Å²) in [5.41, 5.74) is 3.16. The molecule has 0 aliphatic heterocycles. The van der Waals surface area contributed by atoms with E-state index in [4.69, 9.17) is 0 Å². The van der Waals surface area contributed by atoms with Gasteiger partial charge in [-0.15, -0.1) is 0 Å². The molecule has 3 nitrogen and oxygen atoms in total. The van der Waals surface area contributed by atoms with Crippen molar-refractivity contribution in [3.05, 3.63) is 34.9 Å². The quantitative estimate of drug-likeness (QED) is 0.780. The highest BCUT2D eigenvalue weighted by atomic mass is 32.2. The van der Waals surface area contributed by atoms with Gasteiger partial charge in [0.25, 0.3) is 0 Å². The van der Waals surface area contributed by atoms with Gasteiger partial charge < -0.3 is 5.32 Å². The second-order valence-corrected chi connectivity index (χ2v) is 7.85. The molecule has 4 heteroatoms. The Morgan fingerprint density at radius 3 is 2.37 bits per heavy atom. The fourth-order valence-corrected chi connectivity index (χ4v) is 3.77. The number of benzene rings is 1. The molecule has 1 fully saturated rings. The number of nitrogens with one attached hydrogen (secondary N) is 1. The number of sulfone groups is 1. The summed E-state index contributed by atoms with van der Waals surface area (Å²) in [4.78, 5) is 0. The highest BCUT2D eigenvalue weighted by Crippen LogP contribution is 2.18. The van der Waals surface area contributed by atoms with Crippen LogP contribution in [0.1, 0.15) is 36.0 Å². The van der Waals surface area contributed by atoms with Crippen LogP contribution in [-0.4, -0.2) is 26.8 Å². The lowest BCUT2D eigenvalue weighted by Crippen LogP contribution is -2.21. The Balaban J connectivity index is 1.84. The van der Waals surface area contributed by atoms with Crippen LogP contribution in [0.15, 0.2) is 18.2 Å². The zero-order valence-corrected chi connectivity index (χ0v) is 12.6. The summed E-state index contributed by atoms with van der Waals surface area (Å²) < 4.78 is 24.1. The molecule has 0 heterocycles. The van der Waals surface area contributed by atoms with Crippen LogP contribution in [0, 0.1) is 13.8 Å². The van der Waals surface area contributed by atoms with Crippen LogP contribution in [0.5, 0.6) is 0 Å². The van der Waals surface area contributed by atoms with Crippen molar-refractivity contribution in [1.29, 1.82) is 0 Å². The summed E-state index contributed by atoms with van der Waals surface area (Å²) in [5, 5.41) is 3.35. The van der Waals surface area contributed by atoms with Gasteiger partial charge in [-0.05, 0) is 45.2 Å². The van der Waals surface area contributed by atoms with Crippen molar-refractivity contribution in [2.75, 3.05) is 12.3 Å². The molecule has 2 rings (SSSR count). The molecule has 1 aliphatic carbocycles. The van der Waals surface area contributed by atoms with E-state index in [0.717, 1.165) is 23.2 Å². The molecule has 0 radical (unpaired) electrons. The van der Waals surface area contributed by atoms with E-state index in [-0.39, 0.29) is 11.5 Å². The van der Waals surface area contributed by atoms with Crippen molar-refractivity contribution < 1.29 is 8.42 Å². The lowest BCUT2D eigenvalue weighted by Gasteiger charge is -2.07. The minimum Gasteiger partial charge on any atom is -0.314 e. The van der Waals surface area contributed by atoms with Gasteiger partial charge in [0.1, 0.15) is 0 Å². The predicted molar refractivity (Wildman–Crippen MR) is 79.0 cm³/mol. The van der Waals surface area contributed by atoms with Crippen LogP contribution >= 0.6 is 0 Å². The molecule has 0 unspecified atom stereocenters. The van der Waals surface area contributed by atoms with Gasteiger partial charge in [-0.3, -0.25) is 0 Å². The Morgan fingerprint density at radius 2 is 1.79 bits per heavy atom. The van der Waals surface area contributed by atoms with E-state index in [9.17, 15) is 8.42 Å². The maximum Gasteiger partial charge on any atom is 0.154 e. The molecule has 0 bridgehead atoms. The standard InChI is InChI=1S/C15H23NO2S/c1-12-8-13(2)10-14(9-12)11-19(17,18)7-3-6-16-15-4-5-15/h8-10,15-16H,3-7,11H2,1-2H3. The van der Waals surface area contributed by atoms with E-state index < -0.39 is 9.84 Å². The average molecular weight is 281 g/mol. The van der Waals surface area contributed by atoms with Crippen molar-refractivity contribution >= 4 is 9.84 Å². The van der Waals surface area contributed by atoms with Crippen molar-refractivity contribution in [2.45, 2.75) is 44.9 Å². The van der Waals surface area contributed by atoms with Crippen molar-refractivity contribution in [3.8, 4) is 0 Å². The summed E-state index contributed by atoms with van der Waals surface area (Å²) in [6.07, 6.45) is 3.20. The largest absolute Gasteiger partial charge is 0.314 e. The summed E-state index contributed by atoms with van der Waals surface area (Å²) in [6, 6.07) is 6.65. The van der Waals surface area contributed by atoms with Crippen LogP contribution in [0.25, 0.3) is 0 Å². The first-order valence-corrected chi connectivity index (χ1v) is 8.78. The van der Waals surface area contributed by atoms with Crippen LogP contribution < -0.4 is 5.32 Å². The molecule has 1 aromatic carbocycles. The molecular formula is C15H23NO2S. The van der Waals surface area contributed by atoms with E-state index in [1.165, 1.54) is 12.8 Å². The van der Waals surface area contributed by atoms with Gasteiger partial charge >= 0.3 is 0 Å². The maximum atomic E-state index is 12.1. The Morgan fingerprint density at radius 1 is 1.16 bits per heavy atom. The molecule has 1 N–H and O–H groups in total. The van der Waals surface area contributed by atoms with Crippen molar-refractivity contribution in [1.82, 2.24) is 5.32 Å². The van der Waals surface area contributed by atoms with Crippen molar-refractivity contribution in [3.63, 3.8) is 0 Å². The minimum absolute atomic E-state index is 0.166. The fraction of sp³-hybridized carbons (Fsp3) is 0.600. The predicted octanol–water partition coefficient (Wildman–Crippen LogP) is 2.36. The van der Waals surface area contributed by atoms with Crippen molar-refractivity contribution in [2.24, 2.45) is 0 Å². The third kappa shape index (κ3) is 5.33. The normalized spacial score (nSPS) is 15.7. The van der Waals surface area contributed by atoms with Gasteiger partial charge in [-0.25, -0.2) is 8.42 Å². The van der Waals surface area contributed by atoms with Gasteiger partial charge in [0, 0.05) is 6.04 Å². The number of rotatable bonds is 7. The lowest BCUT2D eigenvalue weighted by molar-refractivity contribution is 0.587. The second-order valence-electron chi connectivity index (χ2n) is 5.67. The van der Waals surface area contributed by atoms with Crippen LogP contribution in [0.3, 0.4) is 0 Å². The molecule has 19 heavy (non-hydrogen) atoms. The third-order valence-electron chi connectivity index (χ3n) is 3.31. The van der Waals surface area contributed by atoms with Crippen LogP contribution in [0.2, 0.25) is 0 Å². The fourth-order valence-electron chi connectivity index (χ4n) is 2.36. The first kappa shape index (κ1) is 14.5. The summed E-state index contributed by atoms with van der Waals surface area (Å²) in [5.74, 6) is 0.443. The van der Waals surface area contributed by atoms with Gasteiger partial charge in [0.2, 0.25) is 0 Å². The molecule has 1 aromatic rings. The summed E-state index contributed by atoms with van der Waals surface area (Å²) in [7, 11) is -2.99. The Bertz CT molecular complexity index is 513. The lowest BCUT2D eigenvalue weighted by atomic mass is 10.1. The molecule has 0 aromatic heterocycles. The SMILES string of the molecule is Cc1cc(C)cc(CS(=O)(=O)CCCNC2CC2)c1. The van der Waals surface area contributed by atoms with Gasteiger partial charge in [0.05, 0.1) is 11.5 Å². The van der Waals surface area contributed by atoms with E-state index >= 15 is 0 Å². The zero-order chi connectivity index (χ0) is 13.9. The molecule has 0 spiro atoms. The first-order valence-electron chi connectivity index (χ1n) is 6.96. The molecule has 1 saturated carbocycles. The van der Waals surface area contributed by atoms with Crippen LogP contribution in [0.4, 0.5) is 0 Å². The average Bonchev–Trinajstić information content (AvgIpc) is 3.06. The number of hydrogen-bond acceptors (Lipinski definition) is 3. The molecule has 0 atom stereocenters. The van der Waals surface area contributed by atoms with Crippen LogP contribution in [-0.2, 0) is 15.6 Å². The highest BCUT2D eigenvalue weighted by molar-refractivity contribution is 7.90. The molecule has 0 saturated heterocycles. The topological polar surface area (TPSA) is 46.2 Å². The van der Waals surface area contributed by atoms with E-state index in [2.05, 4.69) is 11.4 Å².